The van der Waals surface area contributed by atoms with Crippen molar-refractivity contribution < 1.29 is 5.11 Å². The lowest BCUT2D eigenvalue weighted by atomic mass is 10.2. The van der Waals surface area contributed by atoms with Crippen molar-refractivity contribution in [1.29, 1.82) is 0 Å². The second-order valence-electron chi connectivity index (χ2n) is 3.54. The lowest BCUT2D eigenvalue weighted by Gasteiger charge is -2.04. The van der Waals surface area contributed by atoms with E-state index in [4.69, 9.17) is 10.8 Å². The molecule has 0 unspecified atom stereocenters. The molecular formula is C10H14N4O. The Balaban J connectivity index is 2.81. The van der Waals surface area contributed by atoms with Crippen LogP contribution in [0.3, 0.4) is 0 Å². The molecule has 15 heavy (non-hydrogen) atoms. The van der Waals surface area contributed by atoms with E-state index in [9.17, 15) is 0 Å². The van der Waals surface area contributed by atoms with Crippen LogP contribution in [0.5, 0.6) is 0 Å². The molecule has 2 aromatic rings. The SMILES string of the molecule is Cc1c(C)n(CCO)c2ncnc(N)c12. The molecule has 0 saturated heterocycles. The molecule has 5 nitrogen and oxygen atoms in total. The van der Waals surface area contributed by atoms with Crippen LogP contribution in [0.1, 0.15) is 11.3 Å². The summed E-state index contributed by atoms with van der Waals surface area (Å²) in [6, 6.07) is 0. The van der Waals surface area contributed by atoms with E-state index < -0.39 is 0 Å². The molecule has 0 radical (unpaired) electrons. The van der Waals surface area contributed by atoms with Crippen molar-refractivity contribution in [3.05, 3.63) is 17.6 Å². The van der Waals surface area contributed by atoms with Crippen LogP contribution in [0.2, 0.25) is 0 Å². The van der Waals surface area contributed by atoms with Gasteiger partial charge in [-0.15, -0.1) is 0 Å². The van der Waals surface area contributed by atoms with Gasteiger partial charge in [0.05, 0.1) is 12.0 Å². The van der Waals surface area contributed by atoms with E-state index in [0.717, 1.165) is 22.3 Å². The van der Waals surface area contributed by atoms with E-state index in [0.29, 0.717) is 12.4 Å². The number of rotatable bonds is 2. The molecular weight excluding hydrogens is 192 g/mol. The average molecular weight is 206 g/mol. The summed E-state index contributed by atoms with van der Waals surface area (Å²) in [6.07, 6.45) is 1.45. The quantitative estimate of drug-likeness (QED) is 0.755. The monoisotopic (exact) mass is 206 g/mol. The van der Waals surface area contributed by atoms with Gasteiger partial charge in [0.1, 0.15) is 17.8 Å². The summed E-state index contributed by atoms with van der Waals surface area (Å²) >= 11 is 0. The number of hydrogen-bond donors (Lipinski definition) is 2. The highest BCUT2D eigenvalue weighted by Gasteiger charge is 2.14. The molecule has 2 rings (SSSR count). The summed E-state index contributed by atoms with van der Waals surface area (Å²) in [5.41, 5.74) is 8.76. The zero-order chi connectivity index (χ0) is 11.0. The largest absolute Gasteiger partial charge is 0.395 e. The van der Waals surface area contributed by atoms with Gasteiger partial charge in [-0.25, -0.2) is 9.97 Å². The average Bonchev–Trinajstić information content (AvgIpc) is 2.45. The molecule has 0 aliphatic heterocycles. The fourth-order valence-corrected chi connectivity index (χ4v) is 1.87. The molecule has 0 aliphatic carbocycles. The Bertz CT molecular complexity index is 504. The number of aliphatic hydroxyl groups is 1. The van der Waals surface area contributed by atoms with E-state index in [1.165, 1.54) is 6.33 Å². The van der Waals surface area contributed by atoms with Gasteiger partial charge >= 0.3 is 0 Å². The maximum Gasteiger partial charge on any atom is 0.146 e. The second-order valence-corrected chi connectivity index (χ2v) is 3.54. The third-order valence-corrected chi connectivity index (χ3v) is 2.76. The van der Waals surface area contributed by atoms with E-state index in [1.54, 1.807) is 0 Å². The van der Waals surface area contributed by atoms with Crippen LogP contribution < -0.4 is 5.73 Å². The van der Waals surface area contributed by atoms with Crippen LogP contribution in [0.4, 0.5) is 5.82 Å². The molecule has 0 fully saturated rings. The number of nitrogens with zero attached hydrogens (tertiary/aromatic N) is 3. The Kier molecular flexibility index (Phi) is 2.32. The zero-order valence-electron chi connectivity index (χ0n) is 8.86. The minimum atomic E-state index is 0.0912. The van der Waals surface area contributed by atoms with Gasteiger partial charge in [-0.05, 0) is 19.4 Å². The highest BCUT2D eigenvalue weighted by molar-refractivity contribution is 5.90. The number of aryl methyl sites for hydroxylation is 1. The van der Waals surface area contributed by atoms with Crippen molar-refractivity contribution in [2.45, 2.75) is 20.4 Å². The summed E-state index contributed by atoms with van der Waals surface area (Å²) in [5, 5.41) is 9.88. The maximum absolute atomic E-state index is 8.99. The van der Waals surface area contributed by atoms with Gasteiger partial charge in [-0.1, -0.05) is 0 Å². The molecule has 0 aromatic carbocycles. The Labute approximate surface area is 87.6 Å². The van der Waals surface area contributed by atoms with Crippen molar-refractivity contribution >= 4 is 16.9 Å². The van der Waals surface area contributed by atoms with E-state index in [1.807, 2.05) is 18.4 Å². The zero-order valence-corrected chi connectivity index (χ0v) is 8.86. The topological polar surface area (TPSA) is 77.0 Å². The number of fused-ring (bicyclic) bond motifs is 1. The molecule has 3 N–H and O–H groups in total. The van der Waals surface area contributed by atoms with Gasteiger partial charge in [0.15, 0.2) is 0 Å². The predicted molar refractivity (Wildman–Crippen MR) is 58.5 cm³/mol. The number of hydrogen-bond acceptors (Lipinski definition) is 4. The Hall–Kier alpha value is -1.62. The number of nitrogens with two attached hydrogens (primary N) is 1. The summed E-state index contributed by atoms with van der Waals surface area (Å²) in [4.78, 5) is 8.18. The number of aromatic nitrogens is 3. The van der Waals surface area contributed by atoms with Crippen LogP contribution in [-0.4, -0.2) is 26.2 Å². The lowest BCUT2D eigenvalue weighted by Crippen LogP contribution is -2.05. The predicted octanol–water partition coefficient (Wildman–Crippen LogP) is 0.623. The van der Waals surface area contributed by atoms with E-state index in [2.05, 4.69) is 9.97 Å². The first kappa shape index (κ1) is 9.92. The van der Waals surface area contributed by atoms with Gasteiger partial charge in [0.2, 0.25) is 0 Å². The smallest absolute Gasteiger partial charge is 0.146 e. The van der Waals surface area contributed by atoms with Crippen LogP contribution in [0.15, 0.2) is 6.33 Å². The van der Waals surface area contributed by atoms with Crippen molar-refractivity contribution in [2.24, 2.45) is 0 Å². The minimum Gasteiger partial charge on any atom is -0.395 e. The van der Waals surface area contributed by atoms with Crippen LogP contribution in [0.25, 0.3) is 11.0 Å². The lowest BCUT2D eigenvalue weighted by molar-refractivity contribution is 0.276. The molecule has 0 saturated carbocycles. The third-order valence-electron chi connectivity index (χ3n) is 2.76. The highest BCUT2D eigenvalue weighted by Crippen LogP contribution is 2.26. The molecule has 5 heteroatoms. The molecule has 0 atom stereocenters. The highest BCUT2D eigenvalue weighted by atomic mass is 16.3. The fourth-order valence-electron chi connectivity index (χ4n) is 1.87. The van der Waals surface area contributed by atoms with Crippen LogP contribution >= 0.6 is 0 Å². The first-order valence-electron chi connectivity index (χ1n) is 4.83. The summed E-state index contributed by atoms with van der Waals surface area (Å²) in [7, 11) is 0. The van der Waals surface area contributed by atoms with Crippen molar-refractivity contribution in [3.8, 4) is 0 Å². The first-order valence-corrected chi connectivity index (χ1v) is 4.83. The van der Waals surface area contributed by atoms with Gasteiger partial charge in [-0.3, -0.25) is 0 Å². The number of anilines is 1. The van der Waals surface area contributed by atoms with Crippen molar-refractivity contribution in [1.82, 2.24) is 14.5 Å². The summed E-state index contributed by atoms with van der Waals surface area (Å²) < 4.78 is 1.96. The minimum absolute atomic E-state index is 0.0912. The molecule has 0 amide bonds. The van der Waals surface area contributed by atoms with Gasteiger partial charge in [-0.2, -0.15) is 0 Å². The molecule has 0 spiro atoms. The fraction of sp³-hybridized carbons (Fsp3) is 0.400. The molecule has 2 heterocycles. The van der Waals surface area contributed by atoms with Crippen LogP contribution in [0, 0.1) is 13.8 Å². The van der Waals surface area contributed by atoms with E-state index in [-0.39, 0.29) is 6.61 Å². The molecule has 0 bridgehead atoms. The van der Waals surface area contributed by atoms with Crippen molar-refractivity contribution in [3.63, 3.8) is 0 Å². The Morgan fingerprint density at radius 3 is 2.80 bits per heavy atom. The summed E-state index contributed by atoms with van der Waals surface area (Å²) in [5.74, 6) is 0.497. The van der Waals surface area contributed by atoms with Gasteiger partial charge in [0.25, 0.3) is 0 Å². The summed E-state index contributed by atoms with van der Waals surface area (Å²) in [6.45, 7) is 4.61. The molecule has 80 valence electrons. The molecule has 0 aliphatic rings. The Morgan fingerprint density at radius 2 is 2.13 bits per heavy atom. The number of aliphatic hydroxyl groups excluding tert-OH is 1. The van der Waals surface area contributed by atoms with Crippen molar-refractivity contribution in [2.75, 3.05) is 12.3 Å². The van der Waals surface area contributed by atoms with Gasteiger partial charge < -0.3 is 15.4 Å². The Morgan fingerprint density at radius 1 is 1.40 bits per heavy atom. The first-order chi connectivity index (χ1) is 7.16. The molecule has 2 aromatic heterocycles. The third kappa shape index (κ3) is 1.35. The maximum atomic E-state index is 8.99. The van der Waals surface area contributed by atoms with Crippen LogP contribution in [-0.2, 0) is 6.54 Å². The van der Waals surface area contributed by atoms with E-state index >= 15 is 0 Å². The standard InChI is InChI=1S/C10H14N4O/c1-6-7(2)14(3-4-15)10-8(6)9(11)12-5-13-10/h5,15H,3-4H2,1-2H3,(H2,11,12,13). The second kappa shape index (κ2) is 3.51. The number of nitrogen functional groups attached to an aromatic ring is 1. The van der Waals surface area contributed by atoms with Gasteiger partial charge in [0, 0.05) is 12.2 Å². The normalized spacial score (nSPS) is 11.1.